The zero-order valence-electron chi connectivity index (χ0n) is 22.5. The Balaban J connectivity index is 3.25. The quantitative estimate of drug-likeness (QED) is 0.0947. The van der Waals surface area contributed by atoms with Crippen LogP contribution in [0.2, 0.25) is 0 Å². The molecule has 0 spiro atoms. The van der Waals surface area contributed by atoms with Crippen molar-refractivity contribution in [1.82, 2.24) is 0 Å². The largest absolute Gasteiger partial charge is 0.481 e. The molecule has 0 aromatic rings. The number of carbonyl (C=O) groups is 2. The van der Waals surface area contributed by atoms with Crippen LogP contribution in [0.25, 0.3) is 0 Å². The second-order valence-electron chi connectivity index (χ2n) is 9.95. The number of carboxylic acid groups (broad SMARTS) is 1. The van der Waals surface area contributed by atoms with Gasteiger partial charge in [0, 0.05) is 19.3 Å². The van der Waals surface area contributed by atoms with Crippen LogP contribution in [0.1, 0.15) is 161 Å². The maximum absolute atomic E-state index is 12.0. The molecule has 1 N–H and O–H groups in total. The van der Waals surface area contributed by atoms with Gasteiger partial charge in [-0.2, -0.15) is 0 Å². The summed E-state index contributed by atoms with van der Waals surface area (Å²) in [7, 11) is 0. The molecule has 0 aromatic carbocycles. The first-order valence-electron chi connectivity index (χ1n) is 14.7. The van der Waals surface area contributed by atoms with Gasteiger partial charge in [-0.15, -0.1) is 0 Å². The Hall–Kier alpha value is -1.38. The molecule has 0 radical (unpaired) electrons. The highest BCUT2D eigenvalue weighted by Crippen LogP contribution is 2.13. The van der Waals surface area contributed by atoms with Gasteiger partial charge in [0.1, 0.15) is 5.78 Å². The lowest BCUT2D eigenvalue weighted by Gasteiger charge is -2.03. The van der Waals surface area contributed by atoms with Crippen molar-refractivity contribution in [3.8, 4) is 0 Å². The van der Waals surface area contributed by atoms with Crippen LogP contribution in [-0.4, -0.2) is 16.9 Å². The fourth-order valence-electron chi connectivity index (χ4n) is 4.27. The lowest BCUT2D eigenvalue weighted by molar-refractivity contribution is -0.137. The van der Waals surface area contributed by atoms with Gasteiger partial charge in [-0.05, 0) is 51.4 Å². The third-order valence-corrected chi connectivity index (χ3v) is 6.50. The van der Waals surface area contributed by atoms with Gasteiger partial charge in [0.25, 0.3) is 0 Å². The Morgan fingerprint density at radius 3 is 1.32 bits per heavy atom. The number of carboxylic acids is 1. The van der Waals surface area contributed by atoms with Gasteiger partial charge in [0.2, 0.25) is 0 Å². The Morgan fingerprint density at radius 1 is 0.500 bits per heavy atom. The van der Waals surface area contributed by atoms with Crippen LogP contribution in [0.5, 0.6) is 0 Å². The first kappa shape index (κ1) is 32.6. The molecule has 0 saturated carbocycles. The summed E-state index contributed by atoms with van der Waals surface area (Å²) in [6, 6.07) is 0. The number of allylic oxidation sites excluding steroid dienone is 4. The highest BCUT2D eigenvalue weighted by atomic mass is 16.4. The van der Waals surface area contributed by atoms with E-state index in [2.05, 4.69) is 31.2 Å². The summed E-state index contributed by atoms with van der Waals surface area (Å²) in [5, 5.41) is 8.60. The molecule has 3 heteroatoms. The van der Waals surface area contributed by atoms with Gasteiger partial charge in [0.15, 0.2) is 0 Å². The number of carbonyl (C=O) groups excluding carboxylic acids is 1. The Labute approximate surface area is 211 Å². The fraction of sp³-hybridized carbons (Fsp3) is 0.806. The predicted molar refractivity (Wildman–Crippen MR) is 147 cm³/mol. The number of Topliss-reactive ketones (excluding diaryl/α,β-unsaturated/α-hetero) is 1. The number of aliphatic carboxylic acids is 1. The molecule has 3 nitrogen and oxygen atoms in total. The molecule has 0 amide bonds. The normalized spacial score (nSPS) is 11.7. The zero-order chi connectivity index (χ0) is 25.0. The summed E-state index contributed by atoms with van der Waals surface area (Å²) in [5.74, 6) is -0.219. The smallest absolute Gasteiger partial charge is 0.303 e. The highest BCUT2D eigenvalue weighted by Gasteiger charge is 2.02. The Kier molecular flexibility index (Phi) is 26.7. The number of hydrogen-bond donors (Lipinski definition) is 1. The Bertz CT molecular complexity index is 507. The van der Waals surface area contributed by atoms with Crippen LogP contribution in [0.3, 0.4) is 0 Å². The van der Waals surface area contributed by atoms with Crippen LogP contribution in [-0.2, 0) is 9.59 Å². The molecule has 0 bridgehead atoms. The van der Waals surface area contributed by atoms with Crippen LogP contribution < -0.4 is 0 Å². The standard InChI is InChI=1S/C31H56O3/c1-2-3-4-5-6-7-8-9-10-11-12-13-15-18-21-24-27-30(32)28-25-22-19-16-14-17-20-23-26-29-31(33)34/h6-7,9-10H,2-5,8,11-29H2,1H3,(H,33,34). The summed E-state index contributed by atoms with van der Waals surface area (Å²) >= 11 is 0. The van der Waals surface area contributed by atoms with Gasteiger partial charge < -0.3 is 5.11 Å². The van der Waals surface area contributed by atoms with Gasteiger partial charge in [-0.3, -0.25) is 9.59 Å². The molecule has 0 atom stereocenters. The molecule has 0 unspecified atom stereocenters. The maximum Gasteiger partial charge on any atom is 0.303 e. The van der Waals surface area contributed by atoms with Gasteiger partial charge >= 0.3 is 5.97 Å². The molecule has 0 rings (SSSR count). The van der Waals surface area contributed by atoms with Crippen LogP contribution >= 0.6 is 0 Å². The third kappa shape index (κ3) is 28.7. The zero-order valence-corrected chi connectivity index (χ0v) is 22.5. The molecular formula is C31H56O3. The molecule has 198 valence electrons. The van der Waals surface area contributed by atoms with E-state index in [9.17, 15) is 9.59 Å². The SMILES string of the molecule is CCCCCC=CCC=CCCCCCCCCC(=O)CCCCCCCCCCCC(=O)O. The average Bonchev–Trinajstić information content (AvgIpc) is 2.82. The Morgan fingerprint density at radius 2 is 0.882 bits per heavy atom. The lowest BCUT2D eigenvalue weighted by Crippen LogP contribution is -1.97. The van der Waals surface area contributed by atoms with E-state index in [-0.39, 0.29) is 0 Å². The minimum Gasteiger partial charge on any atom is -0.481 e. The molecule has 34 heavy (non-hydrogen) atoms. The predicted octanol–water partition coefficient (Wildman–Crippen LogP) is 10.1. The van der Waals surface area contributed by atoms with Crippen LogP contribution in [0.15, 0.2) is 24.3 Å². The van der Waals surface area contributed by atoms with E-state index in [1.807, 2.05) is 0 Å². The number of rotatable bonds is 27. The molecule has 0 aliphatic heterocycles. The highest BCUT2D eigenvalue weighted by molar-refractivity contribution is 5.78. The van der Waals surface area contributed by atoms with E-state index < -0.39 is 5.97 Å². The van der Waals surface area contributed by atoms with Crippen molar-refractivity contribution in [2.24, 2.45) is 0 Å². The molecular weight excluding hydrogens is 420 g/mol. The molecule has 0 aliphatic carbocycles. The third-order valence-electron chi connectivity index (χ3n) is 6.50. The molecule has 0 aromatic heterocycles. The second kappa shape index (κ2) is 27.9. The van der Waals surface area contributed by atoms with Gasteiger partial charge in [-0.1, -0.05) is 115 Å². The second-order valence-corrected chi connectivity index (χ2v) is 9.95. The van der Waals surface area contributed by atoms with Crippen molar-refractivity contribution in [3.63, 3.8) is 0 Å². The number of ketones is 1. The van der Waals surface area contributed by atoms with E-state index in [0.717, 1.165) is 51.4 Å². The van der Waals surface area contributed by atoms with E-state index in [1.165, 1.54) is 96.3 Å². The molecule has 0 aliphatic rings. The summed E-state index contributed by atoms with van der Waals surface area (Å²) in [6.45, 7) is 2.25. The van der Waals surface area contributed by atoms with Crippen LogP contribution in [0.4, 0.5) is 0 Å². The van der Waals surface area contributed by atoms with Crippen molar-refractivity contribution < 1.29 is 14.7 Å². The summed E-state index contributed by atoms with van der Waals surface area (Å²) in [5.41, 5.74) is 0. The molecule has 0 fully saturated rings. The summed E-state index contributed by atoms with van der Waals surface area (Å²) in [4.78, 5) is 22.5. The minimum absolute atomic E-state index is 0.309. The van der Waals surface area contributed by atoms with Crippen molar-refractivity contribution in [1.29, 1.82) is 0 Å². The monoisotopic (exact) mass is 476 g/mol. The van der Waals surface area contributed by atoms with Crippen molar-refractivity contribution in [3.05, 3.63) is 24.3 Å². The average molecular weight is 477 g/mol. The summed E-state index contributed by atoms with van der Waals surface area (Å²) < 4.78 is 0. The van der Waals surface area contributed by atoms with Crippen molar-refractivity contribution in [2.45, 2.75) is 161 Å². The van der Waals surface area contributed by atoms with Gasteiger partial charge in [0.05, 0.1) is 0 Å². The van der Waals surface area contributed by atoms with E-state index in [1.54, 1.807) is 0 Å². The maximum atomic E-state index is 12.0. The first-order valence-corrected chi connectivity index (χ1v) is 14.7. The van der Waals surface area contributed by atoms with Crippen molar-refractivity contribution in [2.75, 3.05) is 0 Å². The van der Waals surface area contributed by atoms with Crippen LogP contribution in [0, 0.1) is 0 Å². The van der Waals surface area contributed by atoms with E-state index in [0.29, 0.717) is 12.2 Å². The first-order chi connectivity index (χ1) is 16.7. The van der Waals surface area contributed by atoms with E-state index >= 15 is 0 Å². The van der Waals surface area contributed by atoms with E-state index in [4.69, 9.17) is 5.11 Å². The number of unbranched alkanes of at least 4 members (excludes halogenated alkanes) is 17. The molecule has 0 saturated heterocycles. The minimum atomic E-state index is -0.680. The molecule has 0 heterocycles. The number of hydrogen-bond acceptors (Lipinski definition) is 2. The van der Waals surface area contributed by atoms with Gasteiger partial charge in [-0.25, -0.2) is 0 Å². The fourth-order valence-corrected chi connectivity index (χ4v) is 4.27. The summed E-state index contributed by atoms with van der Waals surface area (Å²) in [6.07, 6.45) is 36.2. The topological polar surface area (TPSA) is 54.4 Å². The van der Waals surface area contributed by atoms with Crippen molar-refractivity contribution >= 4 is 11.8 Å². The lowest BCUT2D eigenvalue weighted by atomic mass is 10.0.